The molecule has 0 saturated carbocycles. The van der Waals surface area contributed by atoms with Gasteiger partial charge >= 0.3 is 0 Å². The van der Waals surface area contributed by atoms with Crippen LogP contribution < -0.4 is 14.2 Å². The Morgan fingerprint density at radius 1 is 1.19 bits per heavy atom. The molecule has 0 spiro atoms. The normalized spacial score (nSPS) is 12.7. The van der Waals surface area contributed by atoms with E-state index in [-0.39, 0.29) is 12.5 Å². The molecule has 31 heavy (non-hydrogen) atoms. The summed E-state index contributed by atoms with van der Waals surface area (Å²) < 4.78 is 18.2. The Balaban J connectivity index is 1.62. The van der Waals surface area contributed by atoms with Crippen LogP contribution in [-0.2, 0) is 0 Å². The van der Waals surface area contributed by atoms with Crippen molar-refractivity contribution in [1.29, 1.82) is 0 Å². The maximum absolute atomic E-state index is 10.1. The number of imidazole rings is 1. The SMILES string of the molecule is CCOc1cc(-c2nc3ccccn3c2/N=C/c2cc3c(cc2Cl)OCO3)ccc1O. The number of halogens is 1. The lowest BCUT2D eigenvalue weighted by atomic mass is 10.1. The zero-order valence-corrected chi connectivity index (χ0v) is 17.3. The summed E-state index contributed by atoms with van der Waals surface area (Å²) >= 11 is 6.40. The van der Waals surface area contributed by atoms with Crippen molar-refractivity contribution in [2.75, 3.05) is 13.4 Å². The summed E-state index contributed by atoms with van der Waals surface area (Å²) in [6, 6.07) is 14.4. The van der Waals surface area contributed by atoms with E-state index in [2.05, 4.69) is 0 Å². The molecule has 0 atom stereocenters. The van der Waals surface area contributed by atoms with E-state index >= 15 is 0 Å². The smallest absolute Gasteiger partial charge is 0.231 e. The van der Waals surface area contributed by atoms with Gasteiger partial charge in [0.1, 0.15) is 11.3 Å². The molecule has 0 saturated heterocycles. The van der Waals surface area contributed by atoms with E-state index in [1.165, 1.54) is 0 Å². The molecular formula is C23H18ClN3O4. The minimum Gasteiger partial charge on any atom is -0.504 e. The molecule has 5 rings (SSSR count). The van der Waals surface area contributed by atoms with Gasteiger partial charge in [-0.3, -0.25) is 4.40 Å². The number of aromatic nitrogens is 2. The van der Waals surface area contributed by atoms with E-state index < -0.39 is 0 Å². The molecule has 0 amide bonds. The van der Waals surface area contributed by atoms with Crippen LogP contribution in [0.25, 0.3) is 16.9 Å². The van der Waals surface area contributed by atoms with Crippen LogP contribution in [0.1, 0.15) is 12.5 Å². The molecule has 0 fully saturated rings. The molecule has 0 aliphatic carbocycles. The van der Waals surface area contributed by atoms with Crippen LogP contribution in [0.2, 0.25) is 5.02 Å². The van der Waals surface area contributed by atoms with Crippen molar-refractivity contribution in [2.24, 2.45) is 4.99 Å². The lowest BCUT2D eigenvalue weighted by Crippen LogP contribution is -1.93. The minimum absolute atomic E-state index is 0.0755. The Kier molecular flexibility index (Phi) is 4.88. The van der Waals surface area contributed by atoms with Gasteiger partial charge in [0.15, 0.2) is 28.8 Å². The minimum atomic E-state index is 0.0755. The Hall–Kier alpha value is -3.71. The van der Waals surface area contributed by atoms with Gasteiger partial charge in [-0.2, -0.15) is 0 Å². The van der Waals surface area contributed by atoms with Crippen molar-refractivity contribution < 1.29 is 19.3 Å². The van der Waals surface area contributed by atoms with Crippen molar-refractivity contribution in [3.05, 3.63) is 65.3 Å². The first-order valence-corrected chi connectivity index (χ1v) is 10.1. The first-order valence-electron chi connectivity index (χ1n) is 9.70. The molecule has 2 aromatic carbocycles. The monoisotopic (exact) mass is 435 g/mol. The number of aromatic hydroxyl groups is 1. The second kappa shape index (κ2) is 7.85. The van der Waals surface area contributed by atoms with Crippen LogP contribution in [0.3, 0.4) is 0 Å². The highest BCUT2D eigenvalue weighted by atomic mass is 35.5. The number of aliphatic imine (C=N–C) groups is 1. The fourth-order valence-corrected chi connectivity index (χ4v) is 3.60. The third-order valence-corrected chi connectivity index (χ3v) is 5.18. The van der Waals surface area contributed by atoms with Crippen molar-refractivity contribution in [1.82, 2.24) is 9.38 Å². The van der Waals surface area contributed by atoms with Crippen molar-refractivity contribution in [2.45, 2.75) is 6.92 Å². The molecule has 0 radical (unpaired) electrons. The predicted molar refractivity (Wildman–Crippen MR) is 118 cm³/mol. The third-order valence-electron chi connectivity index (χ3n) is 4.86. The van der Waals surface area contributed by atoms with Crippen LogP contribution in [-0.4, -0.2) is 34.1 Å². The summed E-state index contributed by atoms with van der Waals surface area (Å²) in [4.78, 5) is 9.46. The summed E-state index contributed by atoms with van der Waals surface area (Å²) in [5.74, 6) is 2.34. The van der Waals surface area contributed by atoms with Crippen LogP contribution >= 0.6 is 11.6 Å². The molecule has 1 aliphatic heterocycles. The molecular weight excluding hydrogens is 418 g/mol. The van der Waals surface area contributed by atoms with Crippen LogP contribution in [0.4, 0.5) is 5.82 Å². The van der Waals surface area contributed by atoms with Crippen molar-refractivity contribution in [3.63, 3.8) is 0 Å². The Morgan fingerprint density at radius 3 is 2.87 bits per heavy atom. The quantitative estimate of drug-likeness (QED) is 0.434. The summed E-state index contributed by atoms with van der Waals surface area (Å²) in [7, 11) is 0. The van der Waals surface area contributed by atoms with Gasteiger partial charge in [0.05, 0.1) is 11.6 Å². The van der Waals surface area contributed by atoms with Gasteiger partial charge in [-0.1, -0.05) is 17.7 Å². The molecule has 4 aromatic rings. The van der Waals surface area contributed by atoms with Crippen LogP contribution in [0, 0.1) is 0 Å². The standard InChI is InChI=1S/C23H18ClN3O4/c1-2-29-18-9-14(6-7-17(18)28)22-23(27-8-4-3-5-21(27)26-22)25-12-15-10-19-20(11-16(15)24)31-13-30-19/h3-12,28H,2,13H2,1H3/b25-12+. The Bertz CT molecular complexity index is 1320. The van der Waals surface area contributed by atoms with E-state index in [4.69, 9.17) is 35.8 Å². The number of rotatable bonds is 5. The number of benzene rings is 2. The number of pyridine rings is 1. The first kappa shape index (κ1) is 19.3. The summed E-state index contributed by atoms with van der Waals surface area (Å²) in [6.07, 6.45) is 3.57. The number of ether oxygens (including phenoxy) is 3. The fraction of sp³-hybridized carbons (Fsp3) is 0.130. The maximum Gasteiger partial charge on any atom is 0.231 e. The third kappa shape index (κ3) is 3.53. The molecule has 8 heteroatoms. The van der Waals surface area contributed by atoms with E-state index in [0.29, 0.717) is 46.0 Å². The lowest BCUT2D eigenvalue weighted by Gasteiger charge is -2.08. The van der Waals surface area contributed by atoms with Crippen LogP contribution in [0.5, 0.6) is 23.0 Å². The van der Waals surface area contributed by atoms with Gasteiger partial charge in [0.25, 0.3) is 0 Å². The van der Waals surface area contributed by atoms with Gasteiger partial charge in [-0.15, -0.1) is 0 Å². The number of phenolic OH excluding ortho intramolecular Hbond substituents is 1. The first-order chi connectivity index (χ1) is 15.1. The fourth-order valence-electron chi connectivity index (χ4n) is 3.39. The molecule has 2 aromatic heterocycles. The van der Waals surface area contributed by atoms with E-state index in [9.17, 15) is 5.11 Å². The number of nitrogens with zero attached hydrogens (tertiary/aromatic N) is 3. The van der Waals surface area contributed by atoms with E-state index in [1.807, 2.05) is 35.7 Å². The summed E-state index contributed by atoms with van der Waals surface area (Å²) in [5, 5.41) is 10.6. The second-order valence-electron chi connectivity index (χ2n) is 6.81. The van der Waals surface area contributed by atoms with Crippen molar-refractivity contribution >= 4 is 29.3 Å². The van der Waals surface area contributed by atoms with Crippen molar-refractivity contribution in [3.8, 4) is 34.3 Å². The highest BCUT2D eigenvalue weighted by Gasteiger charge is 2.18. The molecule has 3 heterocycles. The molecule has 7 nitrogen and oxygen atoms in total. The number of phenols is 1. The lowest BCUT2D eigenvalue weighted by molar-refractivity contribution is 0.174. The van der Waals surface area contributed by atoms with Gasteiger partial charge in [-0.05, 0) is 43.3 Å². The van der Waals surface area contributed by atoms with E-state index in [0.717, 1.165) is 11.2 Å². The molecule has 0 unspecified atom stereocenters. The zero-order valence-electron chi connectivity index (χ0n) is 16.6. The van der Waals surface area contributed by atoms with Gasteiger partial charge in [-0.25, -0.2) is 9.98 Å². The van der Waals surface area contributed by atoms with Gasteiger partial charge in [0.2, 0.25) is 6.79 Å². The summed E-state index contributed by atoms with van der Waals surface area (Å²) in [6.45, 7) is 2.48. The number of fused-ring (bicyclic) bond motifs is 2. The van der Waals surface area contributed by atoms with Gasteiger partial charge < -0.3 is 19.3 Å². The topological polar surface area (TPSA) is 77.6 Å². The Labute approximate surface area is 183 Å². The number of hydrogen-bond acceptors (Lipinski definition) is 6. The maximum atomic E-state index is 10.1. The highest BCUT2D eigenvalue weighted by Crippen LogP contribution is 2.38. The molecule has 0 bridgehead atoms. The zero-order chi connectivity index (χ0) is 21.4. The second-order valence-corrected chi connectivity index (χ2v) is 7.22. The molecule has 1 aliphatic rings. The average Bonchev–Trinajstić information content (AvgIpc) is 3.37. The average molecular weight is 436 g/mol. The molecule has 1 N–H and O–H groups in total. The molecule has 156 valence electrons. The Morgan fingerprint density at radius 2 is 2.03 bits per heavy atom. The van der Waals surface area contributed by atoms with Gasteiger partial charge in [0, 0.05) is 29.6 Å². The van der Waals surface area contributed by atoms with Crippen LogP contribution in [0.15, 0.2) is 59.7 Å². The summed E-state index contributed by atoms with van der Waals surface area (Å²) in [5.41, 5.74) is 2.87. The number of hydrogen-bond donors (Lipinski definition) is 1. The largest absolute Gasteiger partial charge is 0.504 e. The van der Waals surface area contributed by atoms with E-state index in [1.54, 1.807) is 36.5 Å². The highest BCUT2D eigenvalue weighted by molar-refractivity contribution is 6.33. The predicted octanol–water partition coefficient (Wildman–Crippen LogP) is 5.24.